The van der Waals surface area contributed by atoms with Crippen LogP contribution >= 0.6 is 10.8 Å². The second-order valence-corrected chi connectivity index (χ2v) is 6.45. The van der Waals surface area contributed by atoms with Crippen molar-refractivity contribution < 1.29 is 21.6 Å². The summed E-state index contributed by atoms with van der Waals surface area (Å²) in [5, 5.41) is 8.43. The van der Waals surface area contributed by atoms with Crippen LogP contribution < -0.4 is 0 Å². The fraction of sp³-hybridized carbons (Fsp3) is 0.125. The minimum absolute atomic E-state index is 0.177. The van der Waals surface area contributed by atoms with Crippen molar-refractivity contribution in [2.45, 2.75) is 10.4 Å². The first-order chi connectivity index (χ1) is 7.24. The summed E-state index contributed by atoms with van der Waals surface area (Å²) in [5.41, 5.74) is -4.68. The Morgan fingerprint density at radius 1 is 1.19 bits per heavy atom. The lowest BCUT2D eigenvalue weighted by atomic mass is 10.2. The average molecular weight is 267 g/mol. The van der Waals surface area contributed by atoms with Crippen LogP contribution in [0.3, 0.4) is 0 Å². The normalized spacial score (nSPS) is 12.1. The second kappa shape index (κ2) is 4.35. The zero-order valence-electron chi connectivity index (χ0n) is 7.52. The maximum atomic E-state index is 11.9. The summed E-state index contributed by atoms with van der Waals surface area (Å²) >= 11 is 0. The van der Waals surface area contributed by atoms with Gasteiger partial charge in [0, 0.05) is 0 Å². The number of hydrogen-bond donors (Lipinski definition) is 0. The van der Waals surface area contributed by atoms with E-state index in [0.29, 0.717) is 0 Å². The summed E-state index contributed by atoms with van der Waals surface area (Å²) in [7, 11) is -5.55. The van der Waals surface area contributed by atoms with E-state index in [1.807, 2.05) is 0 Å². The standard InChI is InChI=1S/C8H4F3NO2S2/c9-8(10,11)15-16(13,14)7-3-1-6(5-12)2-4-7/h1-4H. The van der Waals surface area contributed by atoms with Gasteiger partial charge in [0.25, 0.3) is 0 Å². The highest BCUT2D eigenvalue weighted by Crippen LogP contribution is 2.38. The number of benzene rings is 1. The van der Waals surface area contributed by atoms with Crippen molar-refractivity contribution in [1.29, 1.82) is 5.26 Å². The van der Waals surface area contributed by atoms with Gasteiger partial charge >= 0.3 is 5.51 Å². The molecule has 8 heteroatoms. The van der Waals surface area contributed by atoms with Crippen LogP contribution in [0.5, 0.6) is 0 Å². The average Bonchev–Trinajstić information content (AvgIpc) is 2.14. The zero-order valence-corrected chi connectivity index (χ0v) is 9.16. The van der Waals surface area contributed by atoms with Crippen molar-refractivity contribution in [1.82, 2.24) is 0 Å². The molecule has 0 radical (unpaired) electrons. The van der Waals surface area contributed by atoms with Gasteiger partial charge in [-0.2, -0.15) is 18.4 Å². The number of halogens is 3. The van der Waals surface area contributed by atoms with Crippen LogP contribution in [0.1, 0.15) is 5.56 Å². The van der Waals surface area contributed by atoms with Gasteiger partial charge in [-0.15, -0.1) is 0 Å². The molecule has 1 rings (SSSR count). The molecule has 0 fully saturated rings. The van der Waals surface area contributed by atoms with Crippen LogP contribution in [-0.4, -0.2) is 13.9 Å². The van der Waals surface area contributed by atoms with E-state index in [9.17, 15) is 21.6 Å². The molecule has 0 aliphatic heterocycles. The minimum atomic E-state index is -4.85. The van der Waals surface area contributed by atoms with Gasteiger partial charge in [0.1, 0.15) is 0 Å². The van der Waals surface area contributed by atoms with Crippen LogP contribution in [-0.2, 0) is 8.87 Å². The number of nitriles is 1. The summed E-state index contributed by atoms with van der Waals surface area (Å²) in [4.78, 5) is -0.478. The molecule has 0 atom stereocenters. The predicted octanol–water partition coefficient (Wildman–Crippen LogP) is 2.50. The Balaban J connectivity index is 3.05. The second-order valence-electron chi connectivity index (χ2n) is 2.62. The molecule has 0 saturated heterocycles. The maximum absolute atomic E-state index is 11.9. The summed E-state index contributed by atoms with van der Waals surface area (Å²) in [6.45, 7) is 0. The number of nitrogens with zero attached hydrogens (tertiary/aromatic N) is 1. The Kier molecular flexibility index (Phi) is 3.50. The van der Waals surface area contributed by atoms with E-state index in [1.54, 1.807) is 6.07 Å². The van der Waals surface area contributed by atoms with Gasteiger partial charge in [-0.05, 0) is 24.3 Å². The smallest absolute Gasteiger partial charge is 0.212 e. The number of rotatable bonds is 2. The first kappa shape index (κ1) is 12.9. The summed E-state index contributed by atoms with van der Waals surface area (Å²) in [6.07, 6.45) is 0. The summed E-state index contributed by atoms with van der Waals surface area (Å²) in [6, 6.07) is 5.95. The zero-order chi connectivity index (χ0) is 12.4. The Morgan fingerprint density at radius 3 is 2.06 bits per heavy atom. The molecule has 0 amide bonds. The van der Waals surface area contributed by atoms with E-state index < -0.39 is 30.1 Å². The van der Waals surface area contributed by atoms with Crippen molar-refractivity contribution >= 4 is 19.7 Å². The molecule has 0 aromatic heterocycles. The molecule has 3 nitrogen and oxygen atoms in total. The third-order valence-corrected chi connectivity index (χ3v) is 4.54. The third-order valence-electron chi connectivity index (χ3n) is 1.48. The van der Waals surface area contributed by atoms with Crippen molar-refractivity contribution in [3.8, 4) is 6.07 Å². The number of hydrogen-bond acceptors (Lipinski definition) is 4. The van der Waals surface area contributed by atoms with Crippen molar-refractivity contribution in [3.63, 3.8) is 0 Å². The Bertz CT molecular complexity index is 514. The van der Waals surface area contributed by atoms with Gasteiger partial charge < -0.3 is 0 Å². The third kappa shape index (κ3) is 3.43. The first-order valence-electron chi connectivity index (χ1n) is 3.77. The highest BCUT2D eigenvalue weighted by Gasteiger charge is 2.37. The molecule has 1 aromatic carbocycles. The van der Waals surface area contributed by atoms with Crippen LogP contribution in [0.4, 0.5) is 13.2 Å². The molecular formula is C8H4F3NO2S2. The molecule has 16 heavy (non-hydrogen) atoms. The molecular weight excluding hydrogens is 263 g/mol. The largest absolute Gasteiger partial charge is 0.456 e. The Hall–Kier alpha value is -1.20. The SMILES string of the molecule is N#Cc1ccc(S(=O)(=O)SC(F)(F)F)cc1. The summed E-state index contributed by atoms with van der Waals surface area (Å²) < 4.78 is 58.2. The molecule has 1 aromatic rings. The van der Waals surface area contributed by atoms with Gasteiger partial charge in [-0.3, -0.25) is 0 Å². The van der Waals surface area contributed by atoms with Crippen LogP contribution in [0.2, 0.25) is 0 Å². The number of alkyl halides is 3. The van der Waals surface area contributed by atoms with Crippen molar-refractivity contribution in [3.05, 3.63) is 29.8 Å². The van der Waals surface area contributed by atoms with E-state index in [4.69, 9.17) is 5.26 Å². The molecule has 86 valence electrons. The molecule has 0 unspecified atom stereocenters. The Labute approximate surface area is 93.2 Å². The van der Waals surface area contributed by atoms with Crippen molar-refractivity contribution in [2.75, 3.05) is 0 Å². The summed E-state index contributed by atoms with van der Waals surface area (Å²) in [5.74, 6) is 0. The van der Waals surface area contributed by atoms with E-state index in [0.717, 1.165) is 24.3 Å². The van der Waals surface area contributed by atoms with Gasteiger partial charge in [-0.1, -0.05) is 0 Å². The van der Waals surface area contributed by atoms with Gasteiger partial charge in [0.2, 0.25) is 8.87 Å². The van der Waals surface area contributed by atoms with E-state index in [1.165, 1.54) is 0 Å². The van der Waals surface area contributed by atoms with E-state index >= 15 is 0 Å². The van der Waals surface area contributed by atoms with Crippen molar-refractivity contribution in [2.24, 2.45) is 0 Å². The Morgan fingerprint density at radius 2 is 1.69 bits per heavy atom. The lowest BCUT2D eigenvalue weighted by Crippen LogP contribution is -2.07. The fourth-order valence-electron chi connectivity index (χ4n) is 0.869. The van der Waals surface area contributed by atoms with Gasteiger partial charge in [0.15, 0.2) is 0 Å². The predicted molar refractivity (Wildman–Crippen MR) is 52.0 cm³/mol. The molecule has 0 heterocycles. The van der Waals surface area contributed by atoms with Crippen LogP contribution in [0.15, 0.2) is 29.2 Å². The lowest BCUT2D eigenvalue weighted by molar-refractivity contribution is -0.0312. The van der Waals surface area contributed by atoms with E-state index in [-0.39, 0.29) is 5.56 Å². The highest BCUT2D eigenvalue weighted by molar-refractivity contribution is 8.72. The van der Waals surface area contributed by atoms with Crippen LogP contribution in [0.25, 0.3) is 0 Å². The van der Waals surface area contributed by atoms with Crippen LogP contribution in [0, 0.1) is 11.3 Å². The topological polar surface area (TPSA) is 57.9 Å². The molecule has 0 saturated carbocycles. The fourth-order valence-corrected chi connectivity index (χ4v) is 3.05. The molecule has 0 spiro atoms. The van der Waals surface area contributed by atoms with E-state index in [2.05, 4.69) is 0 Å². The molecule has 0 N–H and O–H groups in total. The molecule has 0 bridgehead atoms. The highest BCUT2D eigenvalue weighted by atomic mass is 33.1. The first-order valence-corrected chi connectivity index (χ1v) is 6.59. The minimum Gasteiger partial charge on any atom is -0.212 e. The quantitative estimate of drug-likeness (QED) is 0.772. The van der Waals surface area contributed by atoms with Gasteiger partial charge in [-0.25, -0.2) is 8.42 Å². The lowest BCUT2D eigenvalue weighted by Gasteiger charge is -2.06. The monoisotopic (exact) mass is 267 g/mol. The molecule has 0 aliphatic carbocycles. The van der Waals surface area contributed by atoms with Gasteiger partial charge in [0.05, 0.1) is 27.3 Å². The maximum Gasteiger partial charge on any atom is 0.456 e. The molecule has 0 aliphatic rings.